The molecule has 0 unspecified atom stereocenters. The fraction of sp³-hybridized carbons (Fsp3) is 0.111. The minimum Gasteiger partial charge on any atom is -0.310 e. The molecule has 0 fully saturated rings. The van der Waals surface area contributed by atoms with Crippen LogP contribution in [0.5, 0.6) is 0 Å². The molecular formula is C54H52N2Si2. The van der Waals surface area contributed by atoms with Crippen molar-refractivity contribution in [2.75, 3.05) is 9.80 Å². The van der Waals surface area contributed by atoms with E-state index in [4.69, 9.17) is 0 Å². The smallest absolute Gasteiger partial charge is 0.0803 e. The molecule has 0 bridgehead atoms. The third-order valence-corrected chi connectivity index (χ3v) is 14.9. The molecule has 0 spiro atoms. The van der Waals surface area contributed by atoms with Gasteiger partial charge in [-0.2, -0.15) is 0 Å². The van der Waals surface area contributed by atoms with Crippen LogP contribution in [0.25, 0.3) is 33.4 Å². The van der Waals surface area contributed by atoms with Crippen molar-refractivity contribution in [3.8, 4) is 33.4 Å². The average Bonchev–Trinajstić information content (AvgIpc) is 3.25. The molecule has 4 heteroatoms. The third kappa shape index (κ3) is 7.99. The van der Waals surface area contributed by atoms with Crippen molar-refractivity contribution >= 4 is 60.6 Å². The highest BCUT2D eigenvalue weighted by Gasteiger charge is 2.29. The Morgan fingerprint density at radius 3 is 0.931 bits per heavy atom. The van der Waals surface area contributed by atoms with Crippen molar-refractivity contribution in [3.05, 3.63) is 206 Å². The van der Waals surface area contributed by atoms with Crippen molar-refractivity contribution in [2.45, 2.75) is 39.3 Å². The number of hydrogen-bond donors (Lipinski definition) is 0. The fourth-order valence-corrected chi connectivity index (χ4v) is 11.2. The topological polar surface area (TPSA) is 6.48 Å². The van der Waals surface area contributed by atoms with Crippen LogP contribution in [-0.4, -0.2) is 16.1 Å². The fourth-order valence-electron chi connectivity index (χ4n) is 8.05. The second kappa shape index (κ2) is 16.3. The summed E-state index contributed by atoms with van der Waals surface area (Å²) in [5.74, 6) is 0. The quantitative estimate of drug-likeness (QED) is 0.121. The van der Waals surface area contributed by atoms with Crippen LogP contribution >= 0.6 is 0 Å². The van der Waals surface area contributed by atoms with E-state index in [-0.39, 0.29) is 0 Å². The van der Waals surface area contributed by atoms with Crippen molar-refractivity contribution in [1.82, 2.24) is 0 Å². The Balaban J connectivity index is 1.30. The summed E-state index contributed by atoms with van der Waals surface area (Å²) in [7, 11) is -3.83. The molecule has 8 rings (SSSR count). The predicted molar refractivity (Wildman–Crippen MR) is 258 cm³/mol. The lowest BCUT2D eigenvalue weighted by Gasteiger charge is -2.34. The van der Waals surface area contributed by atoms with Crippen LogP contribution < -0.4 is 20.2 Å². The monoisotopic (exact) mass is 784 g/mol. The summed E-state index contributed by atoms with van der Waals surface area (Å²) >= 11 is 0. The van der Waals surface area contributed by atoms with Crippen LogP contribution in [0.15, 0.2) is 206 Å². The van der Waals surface area contributed by atoms with E-state index in [9.17, 15) is 0 Å². The highest BCUT2D eigenvalue weighted by atomic mass is 28.3. The van der Waals surface area contributed by atoms with E-state index in [1.54, 1.807) is 0 Å². The van der Waals surface area contributed by atoms with E-state index in [2.05, 4.69) is 255 Å². The molecule has 2 nitrogen and oxygen atoms in total. The van der Waals surface area contributed by atoms with Gasteiger partial charge in [-0.3, -0.25) is 0 Å². The number of para-hydroxylation sites is 4. The van der Waals surface area contributed by atoms with Gasteiger partial charge in [-0.1, -0.05) is 197 Å². The molecule has 0 N–H and O–H groups in total. The van der Waals surface area contributed by atoms with E-state index in [0.717, 1.165) is 11.4 Å². The lowest BCUT2D eigenvalue weighted by molar-refractivity contribution is 1.29. The van der Waals surface area contributed by atoms with Crippen LogP contribution in [0.1, 0.15) is 0 Å². The molecule has 0 aliphatic rings. The van der Waals surface area contributed by atoms with Crippen LogP contribution in [-0.2, 0) is 0 Å². The molecule has 0 aromatic heterocycles. The minimum atomic E-state index is -1.91. The summed E-state index contributed by atoms with van der Waals surface area (Å²) in [4.78, 5) is 4.97. The zero-order chi connectivity index (χ0) is 40.3. The molecule has 0 radical (unpaired) electrons. The van der Waals surface area contributed by atoms with Gasteiger partial charge in [-0.25, -0.2) is 0 Å². The first-order valence-electron chi connectivity index (χ1n) is 20.4. The van der Waals surface area contributed by atoms with Gasteiger partial charge in [-0.15, -0.1) is 0 Å². The van der Waals surface area contributed by atoms with E-state index in [1.807, 2.05) is 0 Å². The Bertz CT molecular complexity index is 2440. The van der Waals surface area contributed by atoms with Crippen LogP contribution in [0, 0.1) is 0 Å². The Labute approximate surface area is 347 Å². The van der Waals surface area contributed by atoms with Crippen molar-refractivity contribution in [2.24, 2.45) is 0 Å². The maximum atomic E-state index is 2.51. The van der Waals surface area contributed by atoms with E-state index >= 15 is 0 Å². The average molecular weight is 785 g/mol. The van der Waals surface area contributed by atoms with Crippen molar-refractivity contribution in [3.63, 3.8) is 0 Å². The molecule has 0 saturated carbocycles. The summed E-state index contributed by atoms with van der Waals surface area (Å²) in [5.41, 5.74) is 14.5. The van der Waals surface area contributed by atoms with Gasteiger partial charge < -0.3 is 9.80 Å². The zero-order valence-corrected chi connectivity index (χ0v) is 36.5. The maximum absolute atomic E-state index is 2.51. The lowest BCUT2D eigenvalue weighted by atomic mass is 10.00. The Kier molecular flexibility index (Phi) is 10.9. The van der Waals surface area contributed by atoms with Gasteiger partial charge in [0, 0.05) is 33.9 Å². The molecule has 286 valence electrons. The van der Waals surface area contributed by atoms with E-state index in [0.29, 0.717) is 0 Å². The number of hydrogen-bond acceptors (Lipinski definition) is 2. The van der Waals surface area contributed by atoms with Crippen LogP contribution in [0.2, 0.25) is 39.3 Å². The third-order valence-electron chi connectivity index (χ3n) is 10.9. The number of rotatable bonds is 11. The van der Waals surface area contributed by atoms with Gasteiger partial charge >= 0.3 is 0 Å². The van der Waals surface area contributed by atoms with Gasteiger partial charge in [0.05, 0.1) is 27.5 Å². The Morgan fingerprint density at radius 2 is 0.586 bits per heavy atom. The van der Waals surface area contributed by atoms with Gasteiger partial charge in [0.15, 0.2) is 0 Å². The molecule has 0 atom stereocenters. The minimum absolute atomic E-state index is 1.15. The Hall–Kier alpha value is -6.21. The van der Waals surface area contributed by atoms with Crippen molar-refractivity contribution < 1.29 is 0 Å². The lowest BCUT2D eigenvalue weighted by Crippen LogP contribution is -2.41. The highest BCUT2D eigenvalue weighted by molar-refractivity contribution is 6.90. The van der Waals surface area contributed by atoms with E-state index in [1.165, 1.54) is 66.5 Å². The molecule has 0 heterocycles. The summed E-state index contributed by atoms with van der Waals surface area (Å²) < 4.78 is 0. The number of nitrogens with zero attached hydrogens (tertiary/aromatic N) is 2. The largest absolute Gasteiger partial charge is 0.310 e. The first-order valence-corrected chi connectivity index (χ1v) is 27.4. The summed E-state index contributed by atoms with van der Waals surface area (Å²) in [5, 5.41) is 2.86. The first-order chi connectivity index (χ1) is 28.1. The predicted octanol–water partition coefficient (Wildman–Crippen LogP) is 14.7. The van der Waals surface area contributed by atoms with Crippen molar-refractivity contribution in [1.29, 1.82) is 0 Å². The summed E-state index contributed by atoms with van der Waals surface area (Å²) in [6.07, 6.45) is 0. The maximum Gasteiger partial charge on any atom is 0.0803 e. The normalized spacial score (nSPS) is 11.6. The van der Waals surface area contributed by atoms with Gasteiger partial charge in [0.25, 0.3) is 0 Å². The van der Waals surface area contributed by atoms with Crippen LogP contribution in [0.3, 0.4) is 0 Å². The number of benzene rings is 8. The second-order valence-corrected chi connectivity index (χ2v) is 27.1. The highest BCUT2D eigenvalue weighted by Crippen LogP contribution is 2.43. The molecule has 8 aromatic carbocycles. The Morgan fingerprint density at radius 1 is 0.276 bits per heavy atom. The standard InChI is InChI=1S/C54H52N2Si2/c1-57(2,3)53-39-43(35-37-51(53)55(45-27-15-9-16-28-45)49-33-21-19-31-47(49)41-23-11-7-12-24-41)44-36-38-52(54(40-44)58(4,5)6)56(46-29-17-10-18-30-46)50-34-22-20-32-48(50)42-25-13-8-14-26-42/h7-40H,1-6H3. The molecule has 8 aromatic rings. The van der Waals surface area contributed by atoms with E-state index < -0.39 is 16.1 Å². The SMILES string of the molecule is C[Si](C)(C)c1cc(-c2ccc(N(c3ccccc3)c3ccccc3-c3ccccc3)c([Si](C)(C)C)c2)ccc1N(c1ccccc1)c1ccccc1-c1ccccc1. The number of anilines is 6. The second-order valence-electron chi connectivity index (χ2n) is 17.1. The summed E-state index contributed by atoms with van der Waals surface area (Å²) in [6.45, 7) is 14.8. The summed E-state index contributed by atoms with van der Waals surface area (Å²) in [6, 6.07) is 75.4. The van der Waals surface area contributed by atoms with Gasteiger partial charge in [0.2, 0.25) is 0 Å². The molecule has 58 heavy (non-hydrogen) atoms. The molecule has 0 saturated heterocycles. The van der Waals surface area contributed by atoms with Gasteiger partial charge in [-0.05, 0) is 81.2 Å². The first kappa shape index (κ1) is 38.7. The molecule has 0 aliphatic heterocycles. The zero-order valence-electron chi connectivity index (χ0n) is 34.5. The molecular weight excluding hydrogens is 733 g/mol. The molecule has 0 amide bonds. The molecule has 0 aliphatic carbocycles. The van der Waals surface area contributed by atoms with Gasteiger partial charge in [0.1, 0.15) is 0 Å². The van der Waals surface area contributed by atoms with Crippen LogP contribution in [0.4, 0.5) is 34.1 Å².